The lowest BCUT2D eigenvalue weighted by molar-refractivity contribution is 0.276. The Balaban J connectivity index is 2.19. The van der Waals surface area contributed by atoms with Gasteiger partial charge in [-0.05, 0) is 36.6 Å². The van der Waals surface area contributed by atoms with Crippen molar-refractivity contribution >= 4 is 11.8 Å². The second kappa shape index (κ2) is 5.70. The lowest BCUT2D eigenvalue weighted by atomic mass is 10.2. The molecule has 1 heterocycles. The molecule has 1 N–H and O–H groups in total. The van der Waals surface area contributed by atoms with Gasteiger partial charge in [-0.1, -0.05) is 0 Å². The topological polar surface area (TPSA) is 42.4 Å². The third-order valence-electron chi connectivity index (χ3n) is 2.32. The van der Waals surface area contributed by atoms with Crippen LogP contribution in [0.2, 0.25) is 0 Å². The summed E-state index contributed by atoms with van der Waals surface area (Å²) in [6.45, 7) is -0.0773. The Hall–Kier alpha value is -1.52. The van der Waals surface area contributed by atoms with Gasteiger partial charge in [-0.15, -0.1) is 11.8 Å². The number of hydrogen-bond acceptors (Lipinski definition) is 4. The van der Waals surface area contributed by atoms with E-state index in [0.29, 0.717) is 11.3 Å². The zero-order chi connectivity index (χ0) is 12.1. The van der Waals surface area contributed by atoms with Crippen molar-refractivity contribution in [2.24, 2.45) is 0 Å². The van der Waals surface area contributed by atoms with Crippen LogP contribution in [0.25, 0.3) is 0 Å². The molecule has 0 aliphatic carbocycles. The van der Waals surface area contributed by atoms with Crippen LogP contribution in [0.4, 0.5) is 0 Å². The van der Waals surface area contributed by atoms with Crippen molar-refractivity contribution in [2.75, 3.05) is 6.26 Å². The van der Waals surface area contributed by atoms with Gasteiger partial charge in [0.2, 0.25) is 0 Å². The van der Waals surface area contributed by atoms with Crippen LogP contribution in [0.15, 0.2) is 47.6 Å². The highest BCUT2D eigenvalue weighted by Crippen LogP contribution is 2.26. The van der Waals surface area contributed by atoms with Crippen LogP contribution in [0.3, 0.4) is 0 Å². The van der Waals surface area contributed by atoms with Gasteiger partial charge in [-0.25, -0.2) is 0 Å². The SMILES string of the molecule is CSc1ccc(Oc2ccncc2CO)cc1. The summed E-state index contributed by atoms with van der Waals surface area (Å²) in [6, 6.07) is 9.56. The molecule has 0 spiro atoms. The van der Waals surface area contributed by atoms with Gasteiger partial charge in [0, 0.05) is 22.9 Å². The molecule has 2 aromatic rings. The molecule has 2 rings (SSSR count). The molecular formula is C13H13NO2S. The molecule has 3 nitrogen and oxygen atoms in total. The molecule has 0 atom stereocenters. The van der Waals surface area contributed by atoms with Crippen molar-refractivity contribution < 1.29 is 9.84 Å². The minimum atomic E-state index is -0.0773. The largest absolute Gasteiger partial charge is 0.457 e. The van der Waals surface area contributed by atoms with Crippen molar-refractivity contribution in [3.63, 3.8) is 0 Å². The molecule has 0 unspecified atom stereocenters. The van der Waals surface area contributed by atoms with E-state index in [1.807, 2.05) is 30.5 Å². The zero-order valence-electron chi connectivity index (χ0n) is 9.46. The standard InChI is InChI=1S/C13H13NO2S/c1-17-12-4-2-11(3-5-12)16-13-6-7-14-8-10(13)9-15/h2-8,15H,9H2,1H3. The molecular weight excluding hydrogens is 234 g/mol. The minimum Gasteiger partial charge on any atom is -0.457 e. The highest BCUT2D eigenvalue weighted by molar-refractivity contribution is 7.98. The number of rotatable bonds is 4. The maximum atomic E-state index is 9.16. The Bertz CT molecular complexity index is 485. The molecule has 88 valence electrons. The average molecular weight is 247 g/mol. The van der Waals surface area contributed by atoms with E-state index in [1.165, 1.54) is 4.90 Å². The molecule has 0 amide bonds. The second-order valence-electron chi connectivity index (χ2n) is 3.42. The molecule has 0 saturated heterocycles. The lowest BCUT2D eigenvalue weighted by Gasteiger charge is -2.09. The number of aliphatic hydroxyl groups is 1. The number of pyridine rings is 1. The second-order valence-corrected chi connectivity index (χ2v) is 4.30. The van der Waals surface area contributed by atoms with E-state index < -0.39 is 0 Å². The fraction of sp³-hybridized carbons (Fsp3) is 0.154. The van der Waals surface area contributed by atoms with Gasteiger partial charge >= 0.3 is 0 Å². The molecule has 1 aromatic carbocycles. The summed E-state index contributed by atoms with van der Waals surface area (Å²) in [6.07, 6.45) is 5.28. The maximum absolute atomic E-state index is 9.16. The number of benzene rings is 1. The Morgan fingerprint density at radius 1 is 1.24 bits per heavy atom. The van der Waals surface area contributed by atoms with Gasteiger partial charge in [-0.3, -0.25) is 4.98 Å². The normalized spacial score (nSPS) is 10.2. The molecule has 4 heteroatoms. The van der Waals surface area contributed by atoms with Gasteiger partial charge in [0.05, 0.1) is 6.61 Å². The third kappa shape index (κ3) is 2.99. The monoisotopic (exact) mass is 247 g/mol. The Morgan fingerprint density at radius 3 is 2.65 bits per heavy atom. The predicted molar refractivity (Wildman–Crippen MR) is 68.5 cm³/mol. The summed E-state index contributed by atoms with van der Waals surface area (Å²) < 4.78 is 5.69. The maximum Gasteiger partial charge on any atom is 0.136 e. The van der Waals surface area contributed by atoms with Crippen molar-refractivity contribution in [3.8, 4) is 11.5 Å². The van der Waals surface area contributed by atoms with Crippen molar-refractivity contribution in [1.82, 2.24) is 4.98 Å². The Morgan fingerprint density at radius 2 is 2.00 bits per heavy atom. The molecule has 0 saturated carbocycles. The summed E-state index contributed by atoms with van der Waals surface area (Å²) in [5, 5.41) is 9.16. The molecule has 1 aromatic heterocycles. The number of hydrogen-bond donors (Lipinski definition) is 1. The van der Waals surface area contributed by atoms with E-state index in [0.717, 1.165) is 5.75 Å². The third-order valence-corrected chi connectivity index (χ3v) is 3.06. The fourth-order valence-electron chi connectivity index (χ4n) is 1.40. The Labute approximate surface area is 104 Å². The van der Waals surface area contributed by atoms with E-state index >= 15 is 0 Å². The van der Waals surface area contributed by atoms with Crippen molar-refractivity contribution in [1.29, 1.82) is 0 Å². The van der Waals surface area contributed by atoms with Gasteiger partial charge in [-0.2, -0.15) is 0 Å². The van der Waals surface area contributed by atoms with Gasteiger partial charge in [0.1, 0.15) is 11.5 Å². The summed E-state index contributed by atoms with van der Waals surface area (Å²) in [7, 11) is 0. The molecule has 0 aliphatic heterocycles. The highest BCUT2D eigenvalue weighted by atomic mass is 32.2. The highest BCUT2D eigenvalue weighted by Gasteiger charge is 2.03. The fourth-order valence-corrected chi connectivity index (χ4v) is 1.81. The molecule has 0 aliphatic rings. The summed E-state index contributed by atoms with van der Waals surface area (Å²) in [5.41, 5.74) is 0.682. The van der Waals surface area contributed by atoms with Crippen LogP contribution in [0.5, 0.6) is 11.5 Å². The van der Waals surface area contributed by atoms with Crippen LogP contribution in [-0.2, 0) is 6.61 Å². The zero-order valence-corrected chi connectivity index (χ0v) is 10.3. The lowest BCUT2D eigenvalue weighted by Crippen LogP contribution is -1.92. The van der Waals surface area contributed by atoms with Gasteiger partial charge in [0.25, 0.3) is 0 Å². The van der Waals surface area contributed by atoms with E-state index in [1.54, 1.807) is 30.2 Å². The first kappa shape index (κ1) is 12.0. The summed E-state index contributed by atoms with van der Waals surface area (Å²) in [4.78, 5) is 5.13. The molecule has 0 fully saturated rings. The van der Waals surface area contributed by atoms with E-state index in [4.69, 9.17) is 9.84 Å². The average Bonchev–Trinajstić information content (AvgIpc) is 2.40. The van der Waals surface area contributed by atoms with Gasteiger partial charge < -0.3 is 9.84 Å². The van der Waals surface area contributed by atoms with E-state index in [2.05, 4.69) is 4.98 Å². The first-order valence-electron chi connectivity index (χ1n) is 5.19. The number of thioether (sulfide) groups is 1. The van der Waals surface area contributed by atoms with Crippen LogP contribution in [0.1, 0.15) is 5.56 Å². The smallest absolute Gasteiger partial charge is 0.136 e. The van der Waals surface area contributed by atoms with Crippen molar-refractivity contribution in [3.05, 3.63) is 48.3 Å². The van der Waals surface area contributed by atoms with E-state index in [-0.39, 0.29) is 6.61 Å². The molecule has 0 radical (unpaired) electrons. The van der Waals surface area contributed by atoms with E-state index in [9.17, 15) is 0 Å². The number of aromatic nitrogens is 1. The first-order valence-corrected chi connectivity index (χ1v) is 6.41. The van der Waals surface area contributed by atoms with Crippen LogP contribution < -0.4 is 4.74 Å². The number of aliphatic hydroxyl groups excluding tert-OH is 1. The molecule has 0 bridgehead atoms. The van der Waals surface area contributed by atoms with Crippen LogP contribution >= 0.6 is 11.8 Å². The predicted octanol–water partition coefficient (Wildman–Crippen LogP) is 3.09. The van der Waals surface area contributed by atoms with Crippen molar-refractivity contribution in [2.45, 2.75) is 11.5 Å². The van der Waals surface area contributed by atoms with Crippen LogP contribution in [0, 0.1) is 0 Å². The minimum absolute atomic E-state index is 0.0773. The van der Waals surface area contributed by atoms with Crippen LogP contribution in [-0.4, -0.2) is 16.3 Å². The summed E-state index contributed by atoms with van der Waals surface area (Å²) >= 11 is 1.69. The summed E-state index contributed by atoms with van der Waals surface area (Å²) in [5.74, 6) is 1.39. The Kier molecular flexibility index (Phi) is 4.01. The number of ether oxygens (including phenoxy) is 1. The number of nitrogens with zero attached hydrogens (tertiary/aromatic N) is 1. The first-order chi connectivity index (χ1) is 8.33. The quantitative estimate of drug-likeness (QED) is 0.843. The van der Waals surface area contributed by atoms with Gasteiger partial charge in [0.15, 0.2) is 0 Å². The molecule has 17 heavy (non-hydrogen) atoms.